The molecule has 12 nitrogen and oxygen atoms in total. The fourth-order valence-electron chi connectivity index (χ4n) is 3.09. The van der Waals surface area contributed by atoms with E-state index in [4.69, 9.17) is 0 Å². The van der Waals surface area contributed by atoms with Gasteiger partial charge >= 0.3 is 6.03 Å². The average molecular weight is 448 g/mol. The molecule has 0 spiro atoms. The molecule has 174 valence electrons. The number of hydrogen-bond acceptors (Lipinski definition) is 10. The van der Waals surface area contributed by atoms with Crippen molar-refractivity contribution < 1.29 is 28.8 Å². The van der Waals surface area contributed by atoms with Crippen LogP contribution in [0, 0.1) is 11.3 Å². The first-order valence-electron chi connectivity index (χ1n) is 9.96. The highest BCUT2D eigenvalue weighted by Gasteiger charge is 2.34. The second-order valence-electron chi connectivity index (χ2n) is 7.84. The third-order valence-electron chi connectivity index (χ3n) is 4.45. The topological polar surface area (TPSA) is 158 Å². The molecule has 0 aromatic heterocycles. The van der Waals surface area contributed by atoms with Crippen molar-refractivity contribution in [3.63, 3.8) is 0 Å². The van der Waals surface area contributed by atoms with Gasteiger partial charge in [-0.2, -0.15) is 0 Å². The number of carbonyl (C=O) groups is 2. The van der Waals surface area contributed by atoms with Gasteiger partial charge in [-0.15, -0.1) is 0 Å². The first-order chi connectivity index (χ1) is 15.2. The molecule has 1 saturated heterocycles. The van der Waals surface area contributed by atoms with Crippen molar-refractivity contribution >= 4 is 36.3 Å². The van der Waals surface area contributed by atoms with Gasteiger partial charge in [-0.05, 0) is 24.2 Å². The highest BCUT2D eigenvalue weighted by Crippen LogP contribution is 2.27. The third-order valence-corrected chi connectivity index (χ3v) is 4.45. The fraction of sp³-hybridized carbons (Fsp3) is 0.700. The predicted octanol–water partition coefficient (Wildman–Crippen LogP) is 1.02. The number of hydrogen-bond donors (Lipinski definition) is 0. The molecule has 1 rings (SSSR count). The Bertz CT molecular complexity index is 818. The number of nitrogens with zero attached hydrogens (tertiary/aromatic N) is 6. The van der Waals surface area contributed by atoms with E-state index in [2.05, 4.69) is 40.7 Å². The Kier molecular flexibility index (Phi) is 14.4. The number of imide groups is 1. The Morgan fingerprint density at radius 2 is 1.41 bits per heavy atom. The van der Waals surface area contributed by atoms with E-state index in [0.717, 1.165) is 17.7 Å². The molecule has 12 heteroatoms. The van der Waals surface area contributed by atoms with Crippen molar-refractivity contribution in [2.75, 3.05) is 45.8 Å². The summed E-state index contributed by atoms with van der Waals surface area (Å²) in [5.74, 6) is 0.102. The van der Waals surface area contributed by atoms with Crippen LogP contribution >= 0.6 is 0 Å². The summed E-state index contributed by atoms with van der Waals surface area (Å²) in [6.07, 6.45) is 7.58. The Morgan fingerprint density at radius 1 is 0.875 bits per heavy atom. The molecular weight excluding hydrogens is 420 g/mol. The van der Waals surface area contributed by atoms with E-state index in [0.29, 0.717) is 19.0 Å². The molecule has 0 bridgehead atoms. The summed E-state index contributed by atoms with van der Waals surface area (Å²) >= 11 is 0. The first kappa shape index (κ1) is 28.5. The van der Waals surface area contributed by atoms with Gasteiger partial charge in [-0.3, -0.25) is 9.69 Å². The van der Waals surface area contributed by atoms with Gasteiger partial charge in [0.25, 0.3) is 0 Å². The summed E-state index contributed by atoms with van der Waals surface area (Å²) in [6.45, 7) is 7.61. The smallest absolute Gasteiger partial charge is 0.313 e. The average Bonchev–Trinajstić information content (AvgIpc) is 3.00. The summed E-state index contributed by atoms with van der Waals surface area (Å²) < 4.78 is 0. The van der Waals surface area contributed by atoms with Gasteiger partial charge in [-0.25, -0.2) is 43.9 Å². The SMILES string of the molecule is CC(CCN=C=O)CC(C)(C)CN=C=O.O=C=NCCN1CC(=O)N(CCN=C=O)C1=O. The lowest BCUT2D eigenvalue weighted by Crippen LogP contribution is -2.35. The van der Waals surface area contributed by atoms with Crippen molar-refractivity contribution in [1.29, 1.82) is 0 Å². The van der Waals surface area contributed by atoms with Crippen LogP contribution in [0.15, 0.2) is 20.0 Å². The number of isocyanates is 4. The number of urea groups is 1. The number of aliphatic imine (C=N–C) groups is 4. The highest BCUT2D eigenvalue weighted by atomic mass is 16.2. The van der Waals surface area contributed by atoms with E-state index in [1.165, 1.54) is 23.1 Å². The lowest BCUT2D eigenvalue weighted by molar-refractivity contribution is -0.125. The highest BCUT2D eigenvalue weighted by molar-refractivity contribution is 6.02. The standard InChI is InChI=1S/C11H18N2O2.C9H10N4O4/c1-10(4-5-12-8-14)6-11(2,3)7-13-9-15;14-6-10-1-3-12-5-8(16)13(9(12)17)4-2-11-7-15/h10H,4-7H2,1-3H3;1-5H2. The van der Waals surface area contributed by atoms with E-state index in [9.17, 15) is 28.8 Å². The second kappa shape index (κ2) is 16.2. The maximum absolute atomic E-state index is 11.7. The van der Waals surface area contributed by atoms with E-state index in [-0.39, 0.29) is 44.0 Å². The first-order valence-corrected chi connectivity index (χ1v) is 9.96. The molecular formula is C20H28N6O6. The lowest BCUT2D eigenvalue weighted by atomic mass is 9.82. The van der Waals surface area contributed by atoms with Gasteiger partial charge in [0.15, 0.2) is 0 Å². The van der Waals surface area contributed by atoms with E-state index < -0.39 is 6.03 Å². The molecule has 1 fully saturated rings. The maximum Gasteiger partial charge on any atom is 0.327 e. The maximum atomic E-state index is 11.7. The summed E-state index contributed by atoms with van der Waals surface area (Å²) in [6, 6.07) is -0.461. The van der Waals surface area contributed by atoms with Crippen molar-refractivity contribution in [2.24, 2.45) is 31.3 Å². The molecule has 0 aromatic rings. The Balaban J connectivity index is 0.000000607. The van der Waals surface area contributed by atoms with Crippen LogP contribution in [0.1, 0.15) is 33.6 Å². The number of carbonyl (C=O) groups excluding carboxylic acids is 6. The zero-order valence-corrected chi connectivity index (χ0v) is 18.6. The lowest BCUT2D eigenvalue weighted by Gasteiger charge is -2.25. The van der Waals surface area contributed by atoms with Crippen LogP contribution in [0.4, 0.5) is 4.79 Å². The number of rotatable bonds is 13. The molecule has 1 aliphatic rings. The van der Waals surface area contributed by atoms with Crippen molar-refractivity contribution in [2.45, 2.75) is 33.6 Å². The molecule has 0 aromatic carbocycles. The van der Waals surface area contributed by atoms with Gasteiger partial charge in [0.1, 0.15) is 6.54 Å². The van der Waals surface area contributed by atoms with Crippen LogP contribution in [0.2, 0.25) is 0 Å². The van der Waals surface area contributed by atoms with Gasteiger partial charge in [0.05, 0.1) is 32.7 Å². The zero-order valence-electron chi connectivity index (χ0n) is 18.6. The molecule has 0 aliphatic carbocycles. The normalized spacial score (nSPS) is 13.6. The Labute approximate surface area is 186 Å². The summed E-state index contributed by atoms with van der Waals surface area (Å²) in [4.78, 5) is 78.6. The quantitative estimate of drug-likeness (QED) is 0.232. The largest absolute Gasteiger partial charge is 0.327 e. The fourth-order valence-corrected chi connectivity index (χ4v) is 3.09. The van der Waals surface area contributed by atoms with Crippen LogP contribution in [-0.2, 0) is 24.0 Å². The summed E-state index contributed by atoms with van der Waals surface area (Å²) in [5.41, 5.74) is 0.00171. The van der Waals surface area contributed by atoms with Crippen LogP contribution in [-0.4, -0.2) is 91.9 Å². The second-order valence-corrected chi connectivity index (χ2v) is 7.84. The van der Waals surface area contributed by atoms with Gasteiger partial charge in [0, 0.05) is 6.54 Å². The van der Waals surface area contributed by atoms with Crippen molar-refractivity contribution in [3.05, 3.63) is 0 Å². The predicted molar refractivity (Wildman–Crippen MR) is 113 cm³/mol. The molecule has 3 amide bonds. The minimum atomic E-state index is -0.461. The zero-order chi connectivity index (χ0) is 24.4. The third kappa shape index (κ3) is 12.2. The van der Waals surface area contributed by atoms with Crippen molar-refractivity contribution in [3.8, 4) is 0 Å². The molecule has 0 saturated carbocycles. The van der Waals surface area contributed by atoms with Gasteiger partial charge in [-0.1, -0.05) is 20.8 Å². The monoisotopic (exact) mass is 448 g/mol. The van der Waals surface area contributed by atoms with Gasteiger partial charge in [0.2, 0.25) is 30.2 Å². The summed E-state index contributed by atoms with van der Waals surface area (Å²) in [7, 11) is 0. The van der Waals surface area contributed by atoms with Crippen LogP contribution in [0.5, 0.6) is 0 Å². The van der Waals surface area contributed by atoms with Gasteiger partial charge < -0.3 is 4.90 Å². The number of amides is 3. The van der Waals surface area contributed by atoms with Crippen LogP contribution in [0.25, 0.3) is 0 Å². The Morgan fingerprint density at radius 3 is 1.97 bits per heavy atom. The summed E-state index contributed by atoms with van der Waals surface area (Å²) in [5, 5.41) is 0. The molecule has 0 radical (unpaired) electrons. The minimum Gasteiger partial charge on any atom is -0.313 e. The molecule has 1 unspecified atom stereocenters. The van der Waals surface area contributed by atoms with Crippen LogP contribution in [0.3, 0.4) is 0 Å². The molecule has 1 atom stereocenters. The molecule has 32 heavy (non-hydrogen) atoms. The van der Waals surface area contributed by atoms with E-state index in [1.54, 1.807) is 6.08 Å². The van der Waals surface area contributed by atoms with E-state index in [1.807, 2.05) is 0 Å². The molecule has 1 aliphatic heterocycles. The molecule has 0 N–H and O–H groups in total. The molecule has 1 heterocycles. The van der Waals surface area contributed by atoms with Crippen molar-refractivity contribution in [1.82, 2.24) is 9.80 Å². The van der Waals surface area contributed by atoms with Crippen LogP contribution < -0.4 is 0 Å². The minimum absolute atomic E-state index is 0.00171. The Hall–Kier alpha value is -3.54. The van der Waals surface area contributed by atoms with E-state index >= 15 is 0 Å².